The predicted octanol–water partition coefficient (Wildman–Crippen LogP) is 2.78. The maximum atomic E-state index is 12.8. The number of anilines is 1. The predicted molar refractivity (Wildman–Crippen MR) is 105 cm³/mol. The van der Waals surface area contributed by atoms with E-state index in [4.69, 9.17) is 5.73 Å². The number of nitrogens with two attached hydrogens (primary N) is 1. The molecule has 2 bridgehead atoms. The van der Waals surface area contributed by atoms with Crippen molar-refractivity contribution >= 4 is 22.4 Å². The highest BCUT2D eigenvalue weighted by Gasteiger charge is 2.36. The third kappa shape index (κ3) is 4.07. The minimum absolute atomic E-state index is 0.259. The molecule has 3 saturated heterocycles. The van der Waals surface area contributed by atoms with Crippen LogP contribution in [0, 0.1) is 5.92 Å². The molecule has 0 aliphatic carbocycles. The molecule has 5 nitrogen and oxygen atoms in total. The highest BCUT2D eigenvalue weighted by molar-refractivity contribution is 7.13. The van der Waals surface area contributed by atoms with Gasteiger partial charge in [-0.25, -0.2) is 4.98 Å². The third-order valence-corrected chi connectivity index (χ3v) is 6.30. The van der Waals surface area contributed by atoms with Crippen LogP contribution in [0.5, 0.6) is 0 Å². The standard InChI is InChI=1S/C20H26N4OS/c21-20-22-17(14-26-20)7-9-19(25)24-12-16-6-8-18(13-24)23(11-16)10-15-4-2-1-3-5-15/h1-5,14,16,18H,6-13H2,(H2,21,22)/t16-,18-/m0/s1. The molecule has 1 aromatic carbocycles. The number of carbonyl (C=O) groups excluding carboxylic acids is 1. The van der Waals surface area contributed by atoms with Gasteiger partial charge in [-0.2, -0.15) is 0 Å². The number of hydrogen-bond acceptors (Lipinski definition) is 5. The summed E-state index contributed by atoms with van der Waals surface area (Å²) < 4.78 is 0. The number of nitrogens with zero attached hydrogens (tertiary/aromatic N) is 3. The molecule has 5 rings (SSSR count). The topological polar surface area (TPSA) is 62.5 Å². The third-order valence-electron chi connectivity index (χ3n) is 5.57. The molecule has 0 saturated carbocycles. The summed E-state index contributed by atoms with van der Waals surface area (Å²) in [7, 11) is 0. The molecule has 0 radical (unpaired) electrons. The van der Waals surface area contributed by atoms with Crippen molar-refractivity contribution in [1.29, 1.82) is 0 Å². The molecule has 4 heterocycles. The van der Waals surface area contributed by atoms with Gasteiger partial charge in [0.15, 0.2) is 5.13 Å². The average molecular weight is 371 g/mol. The lowest BCUT2D eigenvalue weighted by Gasteiger charge is -2.36. The van der Waals surface area contributed by atoms with Gasteiger partial charge in [0.05, 0.1) is 5.69 Å². The van der Waals surface area contributed by atoms with E-state index in [1.165, 1.54) is 29.7 Å². The first-order chi connectivity index (χ1) is 12.7. The van der Waals surface area contributed by atoms with Crippen LogP contribution in [0.4, 0.5) is 5.13 Å². The summed E-state index contributed by atoms with van der Waals surface area (Å²) in [5, 5.41) is 2.54. The molecule has 3 fully saturated rings. The molecule has 0 unspecified atom stereocenters. The summed E-state index contributed by atoms with van der Waals surface area (Å²) in [4.78, 5) is 21.7. The largest absolute Gasteiger partial charge is 0.375 e. The summed E-state index contributed by atoms with van der Waals surface area (Å²) in [5.74, 6) is 0.853. The van der Waals surface area contributed by atoms with Crippen molar-refractivity contribution in [1.82, 2.24) is 14.8 Å². The van der Waals surface area contributed by atoms with Crippen molar-refractivity contribution in [2.24, 2.45) is 5.92 Å². The molecule has 26 heavy (non-hydrogen) atoms. The fourth-order valence-corrected chi connectivity index (χ4v) is 4.82. The minimum Gasteiger partial charge on any atom is -0.375 e. The second kappa shape index (κ2) is 7.76. The van der Waals surface area contributed by atoms with Crippen molar-refractivity contribution in [2.45, 2.75) is 38.3 Å². The van der Waals surface area contributed by atoms with Gasteiger partial charge in [-0.3, -0.25) is 9.69 Å². The Morgan fingerprint density at radius 3 is 2.81 bits per heavy atom. The van der Waals surface area contributed by atoms with Gasteiger partial charge < -0.3 is 10.6 Å². The van der Waals surface area contributed by atoms with Crippen molar-refractivity contribution in [3.8, 4) is 0 Å². The molecular formula is C20H26N4OS. The van der Waals surface area contributed by atoms with Crippen LogP contribution in [0.2, 0.25) is 0 Å². The quantitative estimate of drug-likeness (QED) is 0.879. The van der Waals surface area contributed by atoms with Crippen LogP contribution in [0.25, 0.3) is 0 Å². The van der Waals surface area contributed by atoms with Gasteiger partial charge in [-0.15, -0.1) is 11.3 Å². The molecule has 2 N–H and O–H groups in total. The summed E-state index contributed by atoms with van der Waals surface area (Å²) in [6.07, 6.45) is 3.65. The Hall–Kier alpha value is -1.92. The Morgan fingerprint density at radius 1 is 1.19 bits per heavy atom. The van der Waals surface area contributed by atoms with Crippen molar-refractivity contribution < 1.29 is 4.79 Å². The summed E-state index contributed by atoms with van der Waals surface area (Å²) >= 11 is 1.44. The zero-order valence-electron chi connectivity index (χ0n) is 15.0. The van der Waals surface area contributed by atoms with Crippen LogP contribution in [-0.4, -0.2) is 46.4 Å². The molecule has 2 aromatic rings. The van der Waals surface area contributed by atoms with Crippen LogP contribution in [0.1, 0.15) is 30.5 Å². The van der Waals surface area contributed by atoms with Gasteiger partial charge >= 0.3 is 0 Å². The summed E-state index contributed by atoms with van der Waals surface area (Å²) in [6.45, 7) is 3.86. The molecule has 0 spiro atoms. The number of piperidine rings is 1. The van der Waals surface area contributed by atoms with Crippen molar-refractivity contribution in [3.63, 3.8) is 0 Å². The maximum absolute atomic E-state index is 12.8. The van der Waals surface area contributed by atoms with E-state index in [1.54, 1.807) is 0 Å². The fraction of sp³-hybridized carbons (Fsp3) is 0.500. The van der Waals surface area contributed by atoms with Crippen LogP contribution in [0.15, 0.2) is 35.7 Å². The molecule has 1 aromatic heterocycles. The Labute approximate surface area is 158 Å². The highest BCUT2D eigenvalue weighted by atomic mass is 32.1. The molecule has 3 aliphatic rings. The number of hydrogen-bond donors (Lipinski definition) is 1. The Bertz CT molecular complexity index is 747. The minimum atomic E-state index is 0.259. The number of carbonyl (C=O) groups is 1. The normalized spacial score (nSPS) is 23.2. The zero-order chi connectivity index (χ0) is 17.9. The van der Waals surface area contributed by atoms with Crippen LogP contribution in [0.3, 0.4) is 0 Å². The number of aryl methyl sites for hydroxylation is 1. The van der Waals surface area contributed by atoms with Gasteiger partial charge in [0.25, 0.3) is 0 Å². The van der Waals surface area contributed by atoms with E-state index in [-0.39, 0.29) is 5.91 Å². The molecule has 1 amide bonds. The van der Waals surface area contributed by atoms with E-state index in [0.717, 1.165) is 31.9 Å². The molecule has 3 aliphatic heterocycles. The number of thiazole rings is 1. The number of fused-ring (bicyclic) bond motifs is 4. The number of rotatable bonds is 5. The van der Waals surface area contributed by atoms with E-state index in [9.17, 15) is 4.79 Å². The van der Waals surface area contributed by atoms with Crippen LogP contribution in [-0.2, 0) is 17.8 Å². The first-order valence-electron chi connectivity index (χ1n) is 9.43. The lowest BCUT2D eigenvalue weighted by molar-refractivity contribution is -0.131. The van der Waals surface area contributed by atoms with E-state index in [2.05, 4.69) is 45.1 Å². The van der Waals surface area contributed by atoms with E-state index >= 15 is 0 Å². The van der Waals surface area contributed by atoms with E-state index < -0.39 is 0 Å². The first kappa shape index (κ1) is 17.5. The lowest BCUT2D eigenvalue weighted by atomic mass is 9.94. The highest BCUT2D eigenvalue weighted by Crippen LogP contribution is 2.29. The number of aromatic nitrogens is 1. The fourth-order valence-electron chi connectivity index (χ4n) is 4.22. The second-order valence-corrected chi connectivity index (χ2v) is 8.38. The second-order valence-electron chi connectivity index (χ2n) is 7.49. The number of nitrogen functional groups attached to an aromatic ring is 1. The van der Waals surface area contributed by atoms with Gasteiger partial charge in [0, 0.05) is 44.0 Å². The molecule has 2 atom stereocenters. The van der Waals surface area contributed by atoms with Gasteiger partial charge in [-0.05, 0) is 30.7 Å². The summed E-state index contributed by atoms with van der Waals surface area (Å²) in [5.41, 5.74) is 7.97. The Balaban J connectivity index is 1.37. The molecule has 138 valence electrons. The first-order valence-corrected chi connectivity index (χ1v) is 10.3. The van der Waals surface area contributed by atoms with Gasteiger partial charge in [-0.1, -0.05) is 30.3 Å². The number of benzene rings is 1. The van der Waals surface area contributed by atoms with Crippen LogP contribution >= 0.6 is 11.3 Å². The monoisotopic (exact) mass is 370 g/mol. The van der Waals surface area contributed by atoms with Crippen LogP contribution < -0.4 is 5.73 Å². The SMILES string of the molecule is Nc1nc(CCC(=O)N2C[C@H]3CC[C@@H](C2)N(Cc2ccccc2)C3)cs1. The van der Waals surface area contributed by atoms with E-state index in [1.807, 2.05) is 5.38 Å². The Kier molecular flexibility index (Phi) is 5.22. The summed E-state index contributed by atoms with van der Waals surface area (Å²) in [6, 6.07) is 11.1. The van der Waals surface area contributed by atoms with Gasteiger partial charge in [0.1, 0.15) is 0 Å². The number of amides is 1. The van der Waals surface area contributed by atoms with Crippen molar-refractivity contribution in [2.75, 3.05) is 25.4 Å². The maximum Gasteiger partial charge on any atom is 0.223 e. The van der Waals surface area contributed by atoms with Gasteiger partial charge in [0.2, 0.25) is 5.91 Å². The van der Waals surface area contributed by atoms with Crippen molar-refractivity contribution in [3.05, 3.63) is 47.0 Å². The Morgan fingerprint density at radius 2 is 2.04 bits per heavy atom. The lowest BCUT2D eigenvalue weighted by Crippen LogP contribution is -2.43. The zero-order valence-corrected chi connectivity index (χ0v) is 15.8. The van der Waals surface area contributed by atoms with E-state index in [0.29, 0.717) is 29.9 Å². The average Bonchev–Trinajstić information content (AvgIpc) is 2.87. The molecule has 6 heteroatoms. The molecular weight excluding hydrogens is 344 g/mol. The smallest absolute Gasteiger partial charge is 0.223 e.